The Kier molecular flexibility index (Phi) is 2.21. The molecule has 3 rings (SSSR count). The van der Waals surface area contributed by atoms with Crippen LogP contribution >= 0.6 is 0 Å². The first-order chi connectivity index (χ1) is 8.18. The summed E-state index contributed by atoms with van der Waals surface area (Å²) in [5.74, 6) is 1.52. The van der Waals surface area contributed by atoms with Gasteiger partial charge in [-0.2, -0.15) is 5.10 Å². The molecule has 0 bridgehead atoms. The van der Waals surface area contributed by atoms with Crippen molar-refractivity contribution in [2.75, 3.05) is 5.73 Å². The van der Waals surface area contributed by atoms with Gasteiger partial charge in [0.25, 0.3) is 0 Å². The molecule has 1 aliphatic carbocycles. The molecule has 2 aromatic rings. The van der Waals surface area contributed by atoms with Gasteiger partial charge in [-0.05, 0) is 23.5 Å². The summed E-state index contributed by atoms with van der Waals surface area (Å²) in [5, 5.41) is 7.29. The number of nitrogen functional groups attached to an aromatic ring is 1. The number of H-pyrrole nitrogens is 1. The topological polar surface area (TPSA) is 54.7 Å². The Bertz CT molecular complexity index is 554. The van der Waals surface area contributed by atoms with Crippen LogP contribution < -0.4 is 5.73 Å². The van der Waals surface area contributed by atoms with Crippen LogP contribution in [0.25, 0.3) is 0 Å². The molecule has 0 aliphatic heterocycles. The molecule has 1 aromatic carbocycles. The maximum Gasteiger partial charge on any atom is 0.148 e. The lowest BCUT2D eigenvalue weighted by atomic mass is 9.74. The summed E-state index contributed by atoms with van der Waals surface area (Å²) >= 11 is 0. The summed E-state index contributed by atoms with van der Waals surface area (Å²) < 4.78 is 0. The summed E-state index contributed by atoms with van der Waals surface area (Å²) in [5.41, 5.74) is 11.2. The molecule has 3 heteroatoms. The van der Waals surface area contributed by atoms with Crippen LogP contribution in [0.1, 0.15) is 48.1 Å². The van der Waals surface area contributed by atoms with Crippen molar-refractivity contribution < 1.29 is 0 Å². The number of nitrogens with zero attached hydrogens (tertiary/aromatic N) is 1. The van der Waals surface area contributed by atoms with Crippen LogP contribution in [0, 0.1) is 0 Å². The zero-order chi connectivity index (χ0) is 12.0. The Hall–Kier alpha value is -1.77. The lowest BCUT2D eigenvalue weighted by Crippen LogP contribution is -2.19. The summed E-state index contributed by atoms with van der Waals surface area (Å²) in [4.78, 5) is 0. The Labute approximate surface area is 101 Å². The van der Waals surface area contributed by atoms with E-state index in [2.05, 4.69) is 48.3 Å². The number of anilines is 1. The van der Waals surface area contributed by atoms with E-state index in [9.17, 15) is 0 Å². The van der Waals surface area contributed by atoms with Crippen LogP contribution in [0.3, 0.4) is 0 Å². The normalized spacial score (nSPS) is 17.9. The predicted octanol–water partition coefficient (Wildman–Crippen LogP) is 2.80. The Morgan fingerprint density at radius 1 is 1.35 bits per heavy atom. The van der Waals surface area contributed by atoms with E-state index in [1.807, 2.05) is 0 Å². The molecular formula is C14H17N3. The highest BCUT2D eigenvalue weighted by Crippen LogP contribution is 2.42. The van der Waals surface area contributed by atoms with Crippen molar-refractivity contribution in [1.82, 2.24) is 10.2 Å². The number of hydrogen-bond acceptors (Lipinski definition) is 2. The number of aromatic amines is 1. The van der Waals surface area contributed by atoms with Crippen molar-refractivity contribution in [2.45, 2.75) is 32.1 Å². The molecule has 88 valence electrons. The highest BCUT2D eigenvalue weighted by molar-refractivity contribution is 5.53. The summed E-state index contributed by atoms with van der Waals surface area (Å²) in [6, 6.07) is 8.59. The SMILES string of the molecule is CC(C)c1c(N)n[nH]c1C1Cc2ccccc21. The fourth-order valence-corrected chi connectivity index (χ4v) is 2.77. The Morgan fingerprint density at radius 3 is 2.82 bits per heavy atom. The summed E-state index contributed by atoms with van der Waals surface area (Å²) in [7, 11) is 0. The monoisotopic (exact) mass is 227 g/mol. The van der Waals surface area contributed by atoms with Gasteiger partial charge in [0.2, 0.25) is 0 Å². The predicted molar refractivity (Wildman–Crippen MR) is 69.1 cm³/mol. The van der Waals surface area contributed by atoms with E-state index < -0.39 is 0 Å². The zero-order valence-electron chi connectivity index (χ0n) is 10.2. The second kappa shape index (κ2) is 3.62. The maximum absolute atomic E-state index is 5.94. The minimum atomic E-state index is 0.413. The number of rotatable bonds is 2. The molecule has 1 atom stereocenters. The lowest BCUT2D eigenvalue weighted by Gasteiger charge is -2.30. The summed E-state index contributed by atoms with van der Waals surface area (Å²) in [6.07, 6.45) is 1.09. The van der Waals surface area contributed by atoms with Crippen LogP contribution in [0.15, 0.2) is 24.3 Å². The van der Waals surface area contributed by atoms with Gasteiger partial charge in [0.05, 0.1) is 0 Å². The van der Waals surface area contributed by atoms with Crippen LogP contribution in [-0.4, -0.2) is 10.2 Å². The molecule has 1 aliphatic rings. The molecule has 1 unspecified atom stereocenters. The van der Waals surface area contributed by atoms with E-state index in [4.69, 9.17) is 5.73 Å². The Morgan fingerprint density at radius 2 is 2.12 bits per heavy atom. The molecule has 17 heavy (non-hydrogen) atoms. The number of nitrogens with two attached hydrogens (primary N) is 1. The smallest absolute Gasteiger partial charge is 0.148 e. The van der Waals surface area contributed by atoms with Crippen molar-refractivity contribution in [3.05, 3.63) is 46.6 Å². The highest BCUT2D eigenvalue weighted by atomic mass is 15.2. The Balaban J connectivity index is 2.03. The van der Waals surface area contributed by atoms with Crippen LogP contribution in [0.2, 0.25) is 0 Å². The van der Waals surface area contributed by atoms with Crippen molar-refractivity contribution in [1.29, 1.82) is 0 Å². The van der Waals surface area contributed by atoms with Gasteiger partial charge in [-0.3, -0.25) is 5.10 Å². The number of aromatic nitrogens is 2. The molecule has 3 nitrogen and oxygen atoms in total. The van der Waals surface area contributed by atoms with Gasteiger partial charge in [0, 0.05) is 17.2 Å². The third-order valence-corrected chi connectivity index (χ3v) is 3.64. The number of hydrogen-bond donors (Lipinski definition) is 2. The van der Waals surface area contributed by atoms with Gasteiger partial charge in [-0.25, -0.2) is 0 Å². The fraction of sp³-hybridized carbons (Fsp3) is 0.357. The molecule has 0 saturated heterocycles. The van der Waals surface area contributed by atoms with E-state index in [1.165, 1.54) is 22.4 Å². The minimum absolute atomic E-state index is 0.413. The molecular weight excluding hydrogens is 210 g/mol. The number of nitrogens with one attached hydrogen (secondary N) is 1. The van der Waals surface area contributed by atoms with Crippen molar-refractivity contribution >= 4 is 5.82 Å². The molecule has 1 heterocycles. The van der Waals surface area contributed by atoms with Gasteiger partial charge < -0.3 is 5.73 Å². The standard InChI is InChI=1S/C14H17N3/c1-8(2)12-13(16-17-14(12)15)11-7-9-5-3-4-6-10(9)11/h3-6,8,11H,7H2,1-2H3,(H3,15,16,17). The number of benzene rings is 1. The highest BCUT2D eigenvalue weighted by Gasteiger charge is 2.31. The second-order valence-corrected chi connectivity index (χ2v) is 5.05. The first kappa shape index (κ1) is 10.4. The van der Waals surface area contributed by atoms with Crippen molar-refractivity contribution in [2.24, 2.45) is 0 Å². The van der Waals surface area contributed by atoms with Gasteiger partial charge >= 0.3 is 0 Å². The average molecular weight is 227 g/mol. The first-order valence-electron chi connectivity index (χ1n) is 6.10. The van der Waals surface area contributed by atoms with E-state index in [0.29, 0.717) is 17.7 Å². The third kappa shape index (κ3) is 1.46. The largest absolute Gasteiger partial charge is 0.382 e. The quantitative estimate of drug-likeness (QED) is 0.828. The lowest BCUT2D eigenvalue weighted by molar-refractivity contribution is 0.666. The van der Waals surface area contributed by atoms with Crippen molar-refractivity contribution in [3.8, 4) is 0 Å². The van der Waals surface area contributed by atoms with Gasteiger partial charge in [-0.1, -0.05) is 38.1 Å². The first-order valence-corrected chi connectivity index (χ1v) is 6.10. The molecule has 0 radical (unpaired) electrons. The molecule has 1 aromatic heterocycles. The van der Waals surface area contributed by atoms with Gasteiger partial charge in [0.1, 0.15) is 5.82 Å². The molecule has 3 N–H and O–H groups in total. The zero-order valence-corrected chi connectivity index (χ0v) is 10.2. The minimum Gasteiger partial charge on any atom is -0.382 e. The van der Waals surface area contributed by atoms with E-state index in [1.54, 1.807) is 0 Å². The van der Waals surface area contributed by atoms with Crippen LogP contribution in [0.5, 0.6) is 0 Å². The van der Waals surface area contributed by atoms with E-state index in [0.717, 1.165) is 6.42 Å². The number of fused-ring (bicyclic) bond motifs is 1. The van der Waals surface area contributed by atoms with E-state index >= 15 is 0 Å². The van der Waals surface area contributed by atoms with Gasteiger partial charge in [-0.15, -0.1) is 0 Å². The van der Waals surface area contributed by atoms with Crippen molar-refractivity contribution in [3.63, 3.8) is 0 Å². The fourth-order valence-electron chi connectivity index (χ4n) is 2.77. The van der Waals surface area contributed by atoms with Gasteiger partial charge in [0.15, 0.2) is 0 Å². The van der Waals surface area contributed by atoms with E-state index in [-0.39, 0.29) is 0 Å². The maximum atomic E-state index is 5.94. The molecule has 0 fully saturated rings. The average Bonchev–Trinajstić information content (AvgIpc) is 2.62. The summed E-state index contributed by atoms with van der Waals surface area (Å²) in [6.45, 7) is 4.32. The molecule has 0 spiro atoms. The van der Waals surface area contributed by atoms with Crippen LogP contribution in [0.4, 0.5) is 5.82 Å². The molecule has 0 saturated carbocycles. The van der Waals surface area contributed by atoms with Crippen LogP contribution in [-0.2, 0) is 6.42 Å². The molecule has 0 amide bonds. The second-order valence-electron chi connectivity index (χ2n) is 5.05. The third-order valence-electron chi connectivity index (χ3n) is 3.64.